The van der Waals surface area contributed by atoms with E-state index in [-0.39, 0.29) is 29.6 Å². The Morgan fingerprint density at radius 2 is 2.05 bits per heavy atom. The molecule has 0 fully saturated rings. The summed E-state index contributed by atoms with van der Waals surface area (Å²) in [6.07, 6.45) is 2.80. The first-order valence-corrected chi connectivity index (χ1v) is 6.03. The van der Waals surface area contributed by atoms with E-state index in [0.717, 1.165) is 0 Å². The van der Waals surface area contributed by atoms with E-state index >= 15 is 0 Å². The number of halogens is 1. The second-order valence-corrected chi connectivity index (χ2v) is 4.53. The summed E-state index contributed by atoms with van der Waals surface area (Å²) in [6.45, 7) is 0.129. The number of amides is 1. The second kappa shape index (κ2) is 5.78. The zero-order valence-corrected chi connectivity index (χ0v) is 12.0. The van der Waals surface area contributed by atoms with Crippen molar-refractivity contribution in [1.29, 1.82) is 0 Å². The van der Waals surface area contributed by atoms with Crippen LogP contribution in [0.25, 0.3) is 5.95 Å². The molecule has 0 unspecified atom stereocenters. The highest BCUT2D eigenvalue weighted by Gasteiger charge is 2.14. The molecule has 0 saturated heterocycles. The van der Waals surface area contributed by atoms with Crippen molar-refractivity contribution in [2.24, 2.45) is 0 Å². The van der Waals surface area contributed by atoms with Crippen molar-refractivity contribution < 1.29 is 4.79 Å². The summed E-state index contributed by atoms with van der Waals surface area (Å²) in [5, 5.41) is 3.94. The largest absolute Gasteiger partial charge is 0.347 e. The van der Waals surface area contributed by atoms with Crippen molar-refractivity contribution in [2.45, 2.75) is 0 Å². The summed E-state index contributed by atoms with van der Waals surface area (Å²) in [6, 6.07) is 0. The topological polar surface area (TPSA) is 92.9 Å². The van der Waals surface area contributed by atoms with Crippen molar-refractivity contribution >= 4 is 23.5 Å². The number of rotatable bonds is 4. The molecule has 106 valence electrons. The molecule has 2 rings (SSSR count). The van der Waals surface area contributed by atoms with Gasteiger partial charge in [-0.3, -0.25) is 4.79 Å². The van der Waals surface area contributed by atoms with Crippen molar-refractivity contribution in [2.75, 3.05) is 32.6 Å². The molecule has 10 heteroatoms. The van der Waals surface area contributed by atoms with Gasteiger partial charge in [-0.15, -0.1) is 0 Å². The molecular weight excluding hydrogens is 284 g/mol. The van der Waals surface area contributed by atoms with Gasteiger partial charge in [-0.05, 0) is 11.6 Å². The molecule has 0 N–H and O–H groups in total. The lowest BCUT2D eigenvalue weighted by Gasteiger charge is -2.19. The number of aromatic nitrogens is 6. The Morgan fingerprint density at radius 1 is 1.30 bits per heavy atom. The Balaban J connectivity index is 2.26. The molecule has 0 aliphatic heterocycles. The summed E-state index contributed by atoms with van der Waals surface area (Å²) in [4.78, 5) is 30.7. The molecule has 0 bridgehead atoms. The minimum Gasteiger partial charge on any atom is -0.347 e. The van der Waals surface area contributed by atoms with Crippen LogP contribution in [-0.4, -0.2) is 68.2 Å². The molecule has 0 spiro atoms. The highest BCUT2D eigenvalue weighted by atomic mass is 35.5. The van der Waals surface area contributed by atoms with Crippen LogP contribution in [0.3, 0.4) is 0 Å². The Kier molecular flexibility index (Phi) is 4.08. The molecule has 0 aliphatic rings. The van der Waals surface area contributed by atoms with Gasteiger partial charge in [-0.25, -0.2) is 4.98 Å². The van der Waals surface area contributed by atoms with Crippen molar-refractivity contribution in [3.05, 3.63) is 17.9 Å². The monoisotopic (exact) mass is 296 g/mol. The molecule has 0 aliphatic carbocycles. The van der Waals surface area contributed by atoms with Crippen molar-refractivity contribution in [1.82, 2.24) is 34.6 Å². The number of carbonyl (C=O) groups excluding carboxylic acids is 1. The quantitative estimate of drug-likeness (QED) is 0.760. The van der Waals surface area contributed by atoms with Gasteiger partial charge in [0.15, 0.2) is 0 Å². The van der Waals surface area contributed by atoms with E-state index in [1.54, 1.807) is 26.0 Å². The Bertz CT molecular complexity index is 599. The zero-order valence-electron chi connectivity index (χ0n) is 11.2. The zero-order chi connectivity index (χ0) is 14.7. The summed E-state index contributed by atoms with van der Waals surface area (Å²) in [5.74, 6) is 0.443. The fraction of sp³-hybridized carbons (Fsp3) is 0.400. The van der Waals surface area contributed by atoms with Gasteiger partial charge in [0.25, 0.3) is 5.95 Å². The molecule has 0 saturated carbocycles. The Labute approximate surface area is 120 Å². The molecular formula is C10H13ClN8O. The first kappa shape index (κ1) is 14.1. The Hall–Kier alpha value is -2.29. The van der Waals surface area contributed by atoms with E-state index in [2.05, 4.69) is 25.0 Å². The lowest BCUT2D eigenvalue weighted by Crippen LogP contribution is -2.35. The lowest BCUT2D eigenvalue weighted by atomic mass is 10.5. The molecule has 2 aromatic heterocycles. The number of hydrogen-bond donors (Lipinski definition) is 0. The molecule has 2 aromatic rings. The standard InChI is InChI=1S/C10H13ClN8O/c1-17(2)7(20)4-18(3)9-14-8(11)15-10(16-9)19-6-12-5-13-19/h5-6H,4H2,1-3H3. The minimum absolute atomic E-state index is 0.0182. The average Bonchev–Trinajstić information content (AvgIpc) is 2.91. The summed E-state index contributed by atoms with van der Waals surface area (Å²) in [5.41, 5.74) is 0. The van der Waals surface area contributed by atoms with Crippen LogP contribution >= 0.6 is 11.6 Å². The smallest absolute Gasteiger partial charge is 0.258 e. The van der Waals surface area contributed by atoms with Crippen LogP contribution in [0.5, 0.6) is 0 Å². The van der Waals surface area contributed by atoms with Crippen LogP contribution in [0.4, 0.5) is 5.95 Å². The van der Waals surface area contributed by atoms with Gasteiger partial charge in [0.1, 0.15) is 12.7 Å². The van der Waals surface area contributed by atoms with Gasteiger partial charge >= 0.3 is 0 Å². The van der Waals surface area contributed by atoms with Crippen molar-refractivity contribution in [3.63, 3.8) is 0 Å². The van der Waals surface area contributed by atoms with Crippen LogP contribution in [0.15, 0.2) is 12.7 Å². The van der Waals surface area contributed by atoms with Gasteiger partial charge < -0.3 is 9.80 Å². The molecule has 20 heavy (non-hydrogen) atoms. The molecule has 0 aromatic carbocycles. The molecule has 2 heterocycles. The first-order valence-electron chi connectivity index (χ1n) is 5.65. The van der Waals surface area contributed by atoms with E-state index in [1.165, 1.54) is 22.2 Å². The number of nitrogens with zero attached hydrogens (tertiary/aromatic N) is 8. The van der Waals surface area contributed by atoms with Crippen LogP contribution in [0.2, 0.25) is 5.28 Å². The number of hydrogen-bond acceptors (Lipinski definition) is 7. The van der Waals surface area contributed by atoms with Crippen LogP contribution in [0.1, 0.15) is 0 Å². The molecule has 9 nitrogen and oxygen atoms in total. The van der Waals surface area contributed by atoms with Gasteiger partial charge in [0.2, 0.25) is 17.1 Å². The maximum atomic E-state index is 11.7. The third-order valence-corrected chi connectivity index (χ3v) is 2.59. The molecule has 0 atom stereocenters. The lowest BCUT2D eigenvalue weighted by molar-refractivity contribution is -0.127. The van der Waals surface area contributed by atoms with E-state index in [9.17, 15) is 4.79 Å². The SMILES string of the molecule is CN(C)C(=O)CN(C)c1nc(Cl)nc(-n2cncn2)n1. The van der Waals surface area contributed by atoms with Gasteiger partial charge in [0, 0.05) is 21.1 Å². The van der Waals surface area contributed by atoms with E-state index in [1.807, 2.05) is 0 Å². The summed E-state index contributed by atoms with van der Waals surface area (Å²) in [7, 11) is 5.05. The normalized spacial score (nSPS) is 10.4. The van der Waals surface area contributed by atoms with Crippen molar-refractivity contribution in [3.8, 4) is 5.95 Å². The number of likely N-dealkylation sites (N-methyl/N-ethyl adjacent to an activating group) is 2. The molecule has 0 radical (unpaired) electrons. The van der Waals surface area contributed by atoms with E-state index in [4.69, 9.17) is 11.6 Å². The highest BCUT2D eigenvalue weighted by Crippen LogP contribution is 2.11. The Morgan fingerprint density at radius 3 is 2.65 bits per heavy atom. The number of anilines is 1. The van der Waals surface area contributed by atoms with Gasteiger partial charge in [0.05, 0.1) is 6.54 Å². The maximum absolute atomic E-state index is 11.7. The predicted octanol–water partition coefficient (Wildman–Crippen LogP) is -0.370. The van der Waals surface area contributed by atoms with E-state index in [0.29, 0.717) is 0 Å². The average molecular weight is 297 g/mol. The van der Waals surface area contributed by atoms with Gasteiger partial charge in [-0.1, -0.05) is 0 Å². The third kappa shape index (κ3) is 3.18. The third-order valence-electron chi connectivity index (χ3n) is 2.42. The second-order valence-electron chi connectivity index (χ2n) is 4.19. The minimum atomic E-state index is -0.0775. The fourth-order valence-corrected chi connectivity index (χ4v) is 1.48. The fourth-order valence-electron chi connectivity index (χ4n) is 1.33. The predicted molar refractivity (Wildman–Crippen MR) is 71.7 cm³/mol. The summed E-state index contributed by atoms with van der Waals surface area (Å²) >= 11 is 5.86. The highest BCUT2D eigenvalue weighted by molar-refractivity contribution is 6.28. The number of carbonyl (C=O) groups is 1. The van der Waals surface area contributed by atoms with Crippen LogP contribution < -0.4 is 4.90 Å². The first-order chi connectivity index (χ1) is 9.47. The summed E-state index contributed by atoms with van der Waals surface area (Å²) < 4.78 is 1.36. The molecule has 1 amide bonds. The van der Waals surface area contributed by atoms with E-state index < -0.39 is 0 Å². The van der Waals surface area contributed by atoms with Crippen LogP contribution in [0, 0.1) is 0 Å². The van der Waals surface area contributed by atoms with Gasteiger partial charge in [-0.2, -0.15) is 24.7 Å². The van der Waals surface area contributed by atoms with Crippen LogP contribution in [-0.2, 0) is 4.79 Å². The maximum Gasteiger partial charge on any atom is 0.258 e.